The average molecular weight is 257 g/mol. The Morgan fingerprint density at radius 1 is 1.16 bits per heavy atom. The van der Waals surface area contributed by atoms with E-state index in [0.29, 0.717) is 12.0 Å². The molecule has 1 heteroatoms. The average Bonchev–Trinajstić information content (AvgIpc) is 2.40. The summed E-state index contributed by atoms with van der Waals surface area (Å²) in [6.45, 7) is 11.0. The van der Waals surface area contributed by atoms with E-state index in [-0.39, 0.29) is 0 Å². The number of hydrogen-bond acceptors (Lipinski definition) is 1. The second kappa shape index (κ2) is 6.27. The molecular weight excluding hydrogens is 230 g/mol. The summed E-state index contributed by atoms with van der Waals surface area (Å²) in [5.41, 5.74) is 3.90. The molecule has 1 aliphatic carbocycles. The van der Waals surface area contributed by atoms with Gasteiger partial charge in [-0.1, -0.05) is 56.2 Å². The topological polar surface area (TPSA) is 12.0 Å². The molecule has 0 bridgehead atoms. The van der Waals surface area contributed by atoms with Crippen molar-refractivity contribution in [3.05, 3.63) is 47.7 Å². The Labute approximate surface area is 118 Å². The highest BCUT2D eigenvalue weighted by atomic mass is 14.9. The Balaban J connectivity index is 1.89. The Morgan fingerprint density at radius 2 is 1.74 bits per heavy atom. The van der Waals surface area contributed by atoms with Crippen molar-refractivity contribution in [1.29, 1.82) is 0 Å². The summed E-state index contributed by atoms with van der Waals surface area (Å²) in [4.78, 5) is 0. The van der Waals surface area contributed by atoms with E-state index >= 15 is 0 Å². The van der Waals surface area contributed by atoms with Crippen LogP contribution in [-0.2, 0) is 0 Å². The summed E-state index contributed by atoms with van der Waals surface area (Å²) in [7, 11) is 0. The molecule has 19 heavy (non-hydrogen) atoms. The number of nitrogens with one attached hydrogen (secondary N) is 1. The lowest BCUT2D eigenvalue weighted by Gasteiger charge is -2.30. The van der Waals surface area contributed by atoms with Gasteiger partial charge in [0.2, 0.25) is 0 Å². The van der Waals surface area contributed by atoms with Crippen molar-refractivity contribution in [1.82, 2.24) is 5.32 Å². The smallest absolute Gasteiger partial charge is 0.0482 e. The van der Waals surface area contributed by atoms with Gasteiger partial charge in [0.1, 0.15) is 0 Å². The molecule has 0 amide bonds. The lowest BCUT2D eigenvalue weighted by Crippen LogP contribution is -2.25. The molecule has 1 N–H and O–H groups in total. The highest BCUT2D eigenvalue weighted by Gasteiger charge is 2.21. The fraction of sp³-hybridized carbons (Fsp3) is 0.556. The predicted octanol–water partition coefficient (Wildman–Crippen LogP) is 4.99. The third-order valence-electron chi connectivity index (χ3n) is 4.49. The van der Waals surface area contributed by atoms with Gasteiger partial charge in [-0.25, -0.2) is 0 Å². The van der Waals surface area contributed by atoms with Gasteiger partial charge in [0.25, 0.3) is 0 Å². The van der Waals surface area contributed by atoms with E-state index in [1.807, 2.05) is 0 Å². The van der Waals surface area contributed by atoms with E-state index in [4.69, 9.17) is 0 Å². The first-order valence-electron chi connectivity index (χ1n) is 7.58. The van der Waals surface area contributed by atoms with Crippen molar-refractivity contribution in [3.63, 3.8) is 0 Å². The van der Waals surface area contributed by atoms with Gasteiger partial charge in [-0.3, -0.25) is 0 Å². The summed E-state index contributed by atoms with van der Waals surface area (Å²) in [5.74, 6) is 1.57. The van der Waals surface area contributed by atoms with Crippen molar-refractivity contribution >= 4 is 0 Å². The van der Waals surface area contributed by atoms with Crippen LogP contribution in [-0.4, -0.2) is 0 Å². The SMILES string of the molecule is C=C(NC(C)c1ccc(C)cc1)C1CCC(C)CC1. The molecule has 1 nitrogen and oxygen atoms in total. The molecule has 1 unspecified atom stereocenters. The number of hydrogen-bond donors (Lipinski definition) is 1. The molecule has 2 rings (SSSR count). The molecule has 1 atom stereocenters. The van der Waals surface area contributed by atoms with Crippen molar-refractivity contribution in [2.75, 3.05) is 0 Å². The van der Waals surface area contributed by atoms with E-state index in [2.05, 4.69) is 56.9 Å². The lowest BCUT2D eigenvalue weighted by molar-refractivity contribution is 0.308. The van der Waals surface area contributed by atoms with E-state index < -0.39 is 0 Å². The highest BCUT2D eigenvalue weighted by Crippen LogP contribution is 2.32. The molecule has 1 fully saturated rings. The highest BCUT2D eigenvalue weighted by molar-refractivity contribution is 5.24. The predicted molar refractivity (Wildman–Crippen MR) is 83.0 cm³/mol. The molecule has 0 saturated heterocycles. The quantitative estimate of drug-likeness (QED) is 0.801. The van der Waals surface area contributed by atoms with E-state index in [9.17, 15) is 0 Å². The number of benzene rings is 1. The molecule has 1 aliphatic rings. The zero-order valence-electron chi connectivity index (χ0n) is 12.6. The summed E-state index contributed by atoms with van der Waals surface area (Å²) < 4.78 is 0. The zero-order valence-corrected chi connectivity index (χ0v) is 12.6. The Hall–Kier alpha value is -1.24. The van der Waals surface area contributed by atoms with Crippen LogP contribution in [0.2, 0.25) is 0 Å². The lowest BCUT2D eigenvalue weighted by atomic mass is 9.81. The Bertz CT molecular complexity index is 410. The van der Waals surface area contributed by atoms with Gasteiger partial charge in [-0.2, -0.15) is 0 Å². The fourth-order valence-electron chi connectivity index (χ4n) is 2.94. The van der Waals surface area contributed by atoms with E-state index in [0.717, 1.165) is 5.92 Å². The molecule has 0 heterocycles. The Morgan fingerprint density at radius 3 is 2.32 bits per heavy atom. The third-order valence-corrected chi connectivity index (χ3v) is 4.49. The molecule has 0 radical (unpaired) electrons. The first kappa shape index (κ1) is 14.2. The molecule has 0 aromatic heterocycles. The van der Waals surface area contributed by atoms with Crippen LogP contribution < -0.4 is 5.32 Å². The molecular formula is C18H27N. The zero-order chi connectivity index (χ0) is 13.8. The van der Waals surface area contributed by atoms with Crippen molar-refractivity contribution in [3.8, 4) is 0 Å². The maximum atomic E-state index is 4.28. The first-order chi connectivity index (χ1) is 9.06. The second-order valence-corrected chi connectivity index (χ2v) is 6.26. The molecule has 0 aliphatic heterocycles. The Kier molecular flexibility index (Phi) is 4.68. The minimum Gasteiger partial charge on any atom is -0.382 e. The number of aryl methyl sites for hydroxylation is 1. The molecule has 0 spiro atoms. The number of rotatable bonds is 4. The van der Waals surface area contributed by atoms with Crippen LogP contribution in [0.15, 0.2) is 36.5 Å². The van der Waals surface area contributed by atoms with Crippen molar-refractivity contribution in [2.45, 2.75) is 52.5 Å². The van der Waals surface area contributed by atoms with Gasteiger partial charge >= 0.3 is 0 Å². The van der Waals surface area contributed by atoms with Gasteiger partial charge in [0.05, 0.1) is 0 Å². The molecule has 1 saturated carbocycles. The van der Waals surface area contributed by atoms with E-state index in [1.165, 1.54) is 42.5 Å². The fourth-order valence-corrected chi connectivity index (χ4v) is 2.94. The van der Waals surface area contributed by atoms with Crippen LogP contribution in [0.1, 0.15) is 56.7 Å². The molecule has 104 valence electrons. The van der Waals surface area contributed by atoms with Crippen LogP contribution in [0.5, 0.6) is 0 Å². The maximum absolute atomic E-state index is 4.28. The van der Waals surface area contributed by atoms with Crippen LogP contribution in [0.3, 0.4) is 0 Å². The minimum atomic E-state index is 0.354. The normalized spacial score (nSPS) is 24.8. The van der Waals surface area contributed by atoms with Gasteiger partial charge in [-0.05, 0) is 44.1 Å². The maximum Gasteiger partial charge on any atom is 0.0482 e. The van der Waals surface area contributed by atoms with Crippen LogP contribution in [0.4, 0.5) is 0 Å². The van der Waals surface area contributed by atoms with Gasteiger partial charge in [0, 0.05) is 11.7 Å². The van der Waals surface area contributed by atoms with Gasteiger partial charge in [0.15, 0.2) is 0 Å². The first-order valence-corrected chi connectivity index (χ1v) is 7.58. The summed E-state index contributed by atoms with van der Waals surface area (Å²) >= 11 is 0. The molecule has 1 aromatic carbocycles. The van der Waals surface area contributed by atoms with Gasteiger partial charge < -0.3 is 5.32 Å². The summed E-state index contributed by atoms with van der Waals surface area (Å²) in [6, 6.07) is 9.14. The largest absolute Gasteiger partial charge is 0.382 e. The third kappa shape index (κ3) is 3.86. The summed E-state index contributed by atoms with van der Waals surface area (Å²) in [5, 5.41) is 3.61. The van der Waals surface area contributed by atoms with E-state index in [1.54, 1.807) is 0 Å². The van der Waals surface area contributed by atoms with Crippen LogP contribution >= 0.6 is 0 Å². The summed E-state index contributed by atoms with van der Waals surface area (Å²) in [6.07, 6.45) is 5.30. The monoisotopic (exact) mass is 257 g/mol. The number of allylic oxidation sites excluding steroid dienone is 1. The second-order valence-electron chi connectivity index (χ2n) is 6.26. The van der Waals surface area contributed by atoms with Crippen LogP contribution in [0, 0.1) is 18.8 Å². The van der Waals surface area contributed by atoms with Gasteiger partial charge in [-0.15, -0.1) is 0 Å². The standard InChI is InChI=1S/C18H27N/c1-13-5-9-17(10-6-13)15(3)19-16(4)18-11-7-14(2)8-12-18/h7-8,11-13,16-17,19H,3,5-6,9-10H2,1-2,4H3. The molecule has 1 aromatic rings. The van der Waals surface area contributed by atoms with Crippen LogP contribution in [0.25, 0.3) is 0 Å². The van der Waals surface area contributed by atoms with Crippen molar-refractivity contribution < 1.29 is 0 Å². The van der Waals surface area contributed by atoms with Crippen molar-refractivity contribution in [2.24, 2.45) is 11.8 Å². The minimum absolute atomic E-state index is 0.354.